The summed E-state index contributed by atoms with van der Waals surface area (Å²) in [5.41, 5.74) is 0.517. The first kappa shape index (κ1) is 12.9. The highest BCUT2D eigenvalue weighted by atomic mass is 79.9. The first-order valence-electron chi connectivity index (χ1n) is 4.00. The van der Waals surface area contributed by atoms with Crippen molar-refractivity contribution in [3.63, 3.8) is 0 Å². The fraction of sp³-hybridized carbons (Fsp3) is 0. The average molecular weight is 317 g/mol. The Morgan fingerprint density at radius 3 is 2.50 bits per heavy atom. The minimum Gasteiger partial charge on any atom is -0.359 e. The molecule has 0 aliphatic heterocycles. The van der Waals surface area contributed by atoms with Crippen LogP contribution in [0.15, 0.2) is 28.4 Å². The van der Waals surface area contributed by atoms with Gasteiger partial charge in [0.05, 0.1) is 20.2 Å². The number of nitriles is 2. The van der Waals surface area contributed by atoms with Crippen molar-refractivity contribution in [2.75, 3.05) is 5.32 Å². The lowest BCUT2D eigenvalue weighted by Crippen LogP contribution is -1.91. The molecule has 0 radical (unpaired) electrons. The second-order valence-electron chi connectivity index (χ2n) is 2.65. The third kappa shape index (κ3) is 2.90. The van der Waals surface area contributed by atoms with E-state index in [0.717, 1.165) is 0 Å². The van der Waals surface area contributed by atoms with Crippen molar-refractivity contribution in [3.8, 4) is 12.1 Å². The van der Waals surface area contributed by atoms with Crippen molar-refractivity contribution >= 4 is 44.8 Å². The molecule has 0 saturated heterocycles. The number of benzene rings is 1. The molecule has 0 fully saturated rings. The molecular formula is C10H4BrCl2N3. The van der Waals surface area contributed by atoms with Crippen LogP contribution in [0.3, 0.4) is 0 Å². The van der Waals surface area contributed by atoms with Crippen LogP contribution in [0.2, 0.25) is 10.0 Å². The summed E-state index contributed by atoms with van der Waals surface area (Å²) in [5, 5.41) is 20.7. The van der Waals surface area contributed by atoms with E-state index in [-0.39, 0.29) is 5.57 Å². The first-order chi connectivity index (χ1) is 7.60. The third-order valence-corrected chi connectivity index (χ3v) is 3.64. The van der Waals surface area contributed by atoms with Crippen LogP contribution in [0, 0.1) is 22.7 Å². The summed E-state index contributed by atoms with van der Waals surface area (Å²) in [6.45, 7) is 0. The van der Waals surface area contributed by atoms with Crippen molar-refractivity contribution in [1.82, 2.24) is 0 Å². The number of nitrogens with one attached hydrogen (secondary N) is 1. The van der Waals surface area contributed by atoms with Crippen molar-refractivity contribution in [3.05, 3.63) is 38.4 Å². The summed E-state index contributed by atoms with van der Waals surface area (Å²) in [6, 6.07) is 6.74. The Labute approximate surface area is 111 Å². The van der Waals surface area contributed by atoms with Crippen LogP contribution >= 0.6 is 39.1 Å². The second-order valence-corrected chi connectivity index (χ2v) is 4.23. The highest BCUT2D eigenvalue weighted by Crippen LogP contribution is 2.35. The SMILES string of the molecule is N#CC(C#N)=CNc1ccc(Cl)c(Br)c1Cl. The van der Waals surface area contributed by atoms with Crippen LogP contribution in [-0.2, 0) is 0 Å². The van der Waals surface area contributed by atoms with Crippen LogP contribution in [-0.4, -0.2) is 0 Å². The van der Waals surface area contributed by atoms with Gasteiger partial charge in [-0.2, -0.15) is 10.5 Å². The topological polar surface area (TPSA) is 59.6 Å². The lowest BCUT2D eigenvalue weighted by molar-refractivity contribution is 1.44. The van der Waals surface area contributed by atoms with Crippen LogP contribution in [0.5, 0.6) is 0 Å². The summed E-state index contributed by atoms with van der Waals surface area (Å²) >= 11 is 15.0. The van der Waals surface area contributed by atoms with Gasteiger partial charge in [-0.25, -0.2) is 0 Å². The Hall–Kier alpha value is -1.20. The van der Waals surface area contributed by atoms with Gasteiger partial charge in [0.25, 0.3) is 0 Å². The van der Waals surface area contributed by atoms with E-state index in [9.17, 15) is 0 Å². The average Bonchev–Trinajstić information content (AvgIpc) is 2.30. The van der Waals surface area contributed by atoms with Crippen molar-refractivity contribution in [1.29, 1.82) is 10.5 Å². The Kier molecular flexibility index (Phi) is 4.64. The van der Waals surface area contributed by atoms with Crippen LogP contribution in [0.25, 0.3) is 0 Å². The summed E-state index contributed by atoms with van der Waals surface area (Å²) < 4.78 is 0.560. The molecule has 0 atom stereocenters. The molecule has 0 aromatic heterocycles. The summed E-state index contributed by atoms with van der Waals surface area (Å²) in [6.07, 6.45) is 1.28. The van der Waals surface area contributed by atoms with Crippen LogP contribution in [0.4, 0.5) is 5.69 Å². The van der Waals surface area contributed by atoms with Gasteiger partial charge in [0.2, 0.25) is 0 Å². The summed E-state index contributed by atoms with van der Waals surface area (Å²) in [5.74, 6) is 0. The molecule has 0 amide bonds. The molecule has 0 unspecified atom stereocenters. The number of hydrogen-bond donors (Lipinski definition) is 1. The van der Waals surface area contributed by atoms with E-state index in [1.54, 1.807) is 24.3 Å². The van der Waals surface area contributed by atoms with E-state index < -0.39 is 0 Å². The van der Waals surface area contributed by atoms with Gasteiger partial charge in [-0.3, -0.25) is 0 Å². The minimum atomic E-state index is -0.0397. The Morgan fingerprint density at radius 2 is 1.94 bits per heavy atom. The first-order valence-corrected chi connectivity index (χ1v) is 5.55. The number of rotatable bonds is 2. The predicted molar refractivity (Wildman–Crippen MR) is 67.1 cm³/mol. The highest BCUT2D eigenvalue weighted by Gasteiger charge is 2.07. The van der Waals surface area contributed by atoms with Gasteiger partial charge >= 0.3 is 0 Å². The van der Waals surface area contributed by atoms with E-state index in [4.69, 9.17) is 33.7 Å². The number of halogens is 3. The van der Waals surface area contributed by atoms with Crippen LogP contribution in [0.1, 0.15) is 0 Å². The summed E-state index contributed by atoms with van der Waals surface area (Å²) in [4.78, 5) is 0. The Bertz CT molecular complexity index is 510. The number of nitrogens with zero attached hydrogens (tertiary/aromatic N) is 2. The maximum absolute atomic E-state index is 8.53. The molecule has 1 aromatic rings. The molecule has 0 saturated carbocycles. The van der Waals surface area contributed by atoms with E-state index in [1.165, 1.54) is 6.20 Å². The Morgan fingerprint density at radius 1 is 1.31 bits per heavy atom. The second kappa shape index (κ2) is 5.77. The number of allylic oxidation sites excluding steroid dienone is 1. The molecule has 6 heteroatoms. The van der Waals surface area contributed by atoms with Crippen molar-refractivity contribution in [2.45, 2.75) is 0 Å². The molecule has 1 N–H and O–H groups in total. The van der Waals surface area contributed by atoms with Gasteiger partial charge in [0, 0.05) is 6.20 Å². The molecule has 0 spiro atoms. The minimum absolute atomic E-state index is 0.0397. The molecule has 0 aliphatic carbocycles. The largest absolute Gasteiger partial charge is 0.359 e. The molecule has 3 nitrogen and oxygen atoms in total. The molecule has 80 valence electrons. The molecule has 0 aliphatic rings. The molecule has 16 heavy (non-hydrogen) atoms. The molecule has 0 bridgehead atoms. The zero-order valence-corrected chi connectivity index (χ0v) is 10.9. The molecule has 0 heterocycles. The van der Waals surface area contributed by atoms with Gasteiger partial charge in [-0.1, -0.05) is 23.2 Å². The van der Waals surface area contributed by atoms with E-state index in [0.29, 0.717) is 20.2 Å². The normalized spacial score (nSPS) is 8.81. The van der Waals surface area contributed by atoms with Crippen molar-refractivity contribution < 1.29 is 0 Å². The van der Waals surface area contributed by atoms with Gasteiger partial charge in [-0.05, 0) is 28.1 Å². The Balaban J connectivity index is 3.02. The van der Waals surface area contributed by atoms with Gasteiger partial charge in [0.15, 0.2) is 0 Å². The quantitative estimate of drug-likeness (QED) is 0.660. The van der Waals surface area contributed by atoms with Crippen LogP contribution < -0.4 is 5.32 Å². The van der Waals surface area contributed by atoms with E-state index >= 15 is 0 Å². The smallest absolute Gasteiger partial charge is 0.145 e. The van der Waals surface area contributed by atoms with E-state index in [1.807, 2.05) is 0 Å². The molecule has 1 aromatic carbocycles. The van der Waals surface area contributed by atoms with Gasteiger partial charge in [-0.15, -0.1) is 0 Å². The molecule has 1 rings (SSSR count). The lowest BCUT2D eigenvalue weighted by Gasteiger charge is -2.06. The lowest BCUT2D eigenvalue weighted by atomic mass is 10.3. The zero-order valence-electron chi connectivity index (χ0n) is 7.76. The maximum atomic E-state index is 8.53. The standard InChI is InChI=1S/C10H4BrCl2N3/c11-9-7(12)1-2-8(10(9)13)16-5-6(3-14)4-15/h1-2,5,16H. The highest BCUT2D eigenvalue weighted by molar-refractivity contribution is 9.10. The fourth-order valence-corrected chi connectivity index (χ4v) is 1.65. The number of hydrogen-bond acceptors (Lipinski definition) is 3. The fourth-order valence-electron chi connectivity index (χ4n) is 0.877. The van der Waals surface area contributed by atoms with Crippen molar-refractivity contribution in [2.24, 2.45) is 0 Å². The zero-order chi connectivity index (χ0) is 12.1. The van der Waals surface area contributed by atoms with Gasteiger partial charge < -0.3 is 5.32 Å². The molecular weight excluding hydrogens is 313 g/mol. The predicted octanol–water partition coefficient (Wildman–Crippen LogP) is 4.10. The third-order valence-electron chi connectivity index (χ3n) is 1.65. The van der Waals surface area contributed by atoms with Gasteiger partial charge in [0.1, 0.15) is 17.7 Å². The summed E-state index contributed by atoms with van der Waals surface area (Å²) in [7, 11) is 0. The maximum Gasteiger partial charge on any atom is 0.145 e. The monoisotopic (exact) mass is 315 g/mol. The van der Waals surface area contributed by atoms with E-state index in [2.05, 4.69) is 21.2 Å². The number of anilines is 1.